The van der Waals surface area contributed by atoms with Crippen LogP contribution in [-0.2, 0) is 6.42 Å². The van der Waals surface area contributed by atoms with E-state index in [0.717, 1.165) is 52.0 Å². The Hall–Kier alpha value is -1.33. The Morgan fingerprint density at radius 3 is 2.43 bits per heavy atom. The molecule has 2 rings (SSSR count). The lowest BCUT2D eigenvalue weighted by molar-refractivity contribution is 0.236. The molecular weight excluding hydrogens is 271 g/mol. The van der Waals surface area contributed by atoms with E-state index in [-0.39, 0.29) is 5.82 Å². The minimum atomic E-state index is -0.213. The average molecular weight is 296 g/mol. The second-order valence-corrected chi connectivity index (χ2v) is 5.35. The summed E-state index contributed by atoms with van der Waals surface area (Å²) in [6.07, 6.45) is 2.81. The molecule has 0 spiro atoms. The molecule has 1 N–H and O–H groups in total. The molecule has 0 amide bonds. The Morgan fingerprint density at radius 2 is 1.76 bits per heavy atom. The number of hydrogen-bond acceptors (Lipinski definition) is 4. The van der Waals surface area contributed by atoms with Crippen LogP contribution in [0.15, 0.2) is 12.1 Å². The fourth-order valence-electron chi connectivity index (χ4n) is 2.67. The highest BCUT2D eigenvalue weighted by molar-refractivity contribution is 5.43. The molecule has 0 bridgehead atoms. The Balaban J connectivity index is 1.82. The standard InChI is InChI=1S/C16H25FN2O2/c1-20-15-11-13(14(17)12-16(15)21-2)5-3-4-8-19-9-6-18-7-10-19/h11-12,18H,3-10H2,1-2H3. The van der Waals surface area contributed by atoms with Crippen LogP contribution in [0.2, 0.25) is 0 Å². The summed E-state index contributed by atoms with van der Waals surface area (Å²) in [6, 6.07) is 3.16. The van der Waals surface area contributed by atoms with Gasteiger partial charge in [-0.2, -0.15) is 0 Å². The number of unbranched alkanes of at least 4 members (excludes halogenated alkanes) is 1. The van der Waals surface area contributed by atoms with E-state index < -0.39 is 0 Å². The normalized spacial score (nSPS) is 16.0. The minimum Gasteiger partial charge on any atom is -0.493 e. The van der Waals surface area contributed by atoms with E-state index in [9.17, 15) is 4.39 Å². The first-order valence-electron chi connectivity index (χ1n) is 7.58. The molecule has 4 nitrogen and oxygen atoms in total. The molecule has 1 heterocycles. The summed E-state index contributed by atoms with van der Waals surface area (Å²) < 4.78 is 24.3. The van der Waals surface area contributed by atoms with Crippen molar-refractivity contribution in [1.29, 1.82) is 0 Å². The van der Waals surface area contributed by atoms with Gasteiger partial charge < -0.3 is 19.7 Å². The molecule has 21 heavy (non-hydrogen) atoms. The number of aryl methyl sites for hydroxylation is 1. The third kappa shape index (κ3) is 4.58. The van der Waals surface area contributed by atoms with Gasteiger partial charge in [-0.25, -0.2) is 4.39 Å². The largest absolute Gasteiger partial charge is 0.493 e. The molecule has 0 aliphatic carbocycles. The summed E-state index contributed by atoms with van der Waals surface area (Å²) in [4.78, 5) is 2.46. The fourth-order valence-corrected chi connectivity index (χ4v) is 2.67. The lowest BCUT2D eigenvalue weighted by Crippen LogP contribution is -2.43. The van der Waals surface area contributed by atoms with Crippen molar-refractivity contribution in [2.45, 2.75) is 19.3 Å². The lowest BCUT2D eigenvalue weighted by atomic mass is 10.1. The highest BCUT2D eigenvalue weighted by atomic mass is 19.1. The lowest BCUT2D eigenvalue weighted by Gasteiger charge is -2.27. The molecule has 1 aliphatic heterocycles. The summed E-state index contributed by atoms with van der Waals surface area (Å²) in [5.74, 6) is 0.824. The molecule has 0 radical (unpaired) electrons. The van der Waals surface area contributed by atoms with Gasteiger partial charge in [0.15, 0.2) is 11.5 Å². The zero-order valence-corrected chi connectivity index (χ0v) is 13.0. The molecule has 0 saturated carbocycles. The first-order chi connectivity index (χ1) is 10.2. The SMILES string of the molecule is COc1cc(F)c(CCCCN2CCNCC2)cc1OC. The van der Waals surface area contributed by atoms with Gasteiger partial charge in [0.2, 0.25) is 0 Å². The number of piperazine rings is 1. The van der Waals surface area contributed by atoms with Gasteiger partial charge >= 0.3 is 0 Å². The minimum absolute atomic E-state index is 0.213. The van der Waals surface area contributed by atoms with E-state index in [1.807, 2.05) is 0 Å². The van der Waals surface area contributed by atoms with E-state index in [2.05, 4.69) is 10.2 Å². The van der Waals surface area contributed by atoms with Crippen LogP contribution in [0.25, 0.3) is 0 Å². The van der Waals surface area contributed by atoms with E-state index in [1.54, 1.807) is 13.2 Å². The zero-order chi connectivity index (χ0) is 15.1. The number of rotatable bonds is 7. The van der Waals surface area contributed by atoms with Crippen molar-refractivity contribution in [2.24, 2.45) is 0 Å². The van der Waals surface area contributed by atoms with Gasteiger partial charge in [-0.05, 0) is 37.4 Å². The highest BCUT2D eigenvalue weighted by Crippen LogP contribution is 2.30. The van der Waals surface area contributed by atoms with Crippen molar-refractivity contribution in [3.63, 3.8) is 0 Å². The molecule has 118 valence electrons. The predicted molar refractivity (Wildman–Crippen MR) is 81.8 cm³/mol. The van der Waals surface area contributed by atoms with Gasteiger partial charge in [-0.3, -0.25) is 0 Å². The van der Waals surface area contributed by atoms with Crippen LogP contribution in [0.3, 0.4) is 0 Å². The molecule has 0 aromatic heterocycles. The summed E-state index contributed by atoms with van der Waals surface area (Å²) in [6.45, 7) is 5.47. The van der Waals surface area contributed by atoms with E-state index in [4.69, 9.17) is 9.47 Å². The molecule has 1 aromatic carbocycles. The molecule has 5 heteroatoms. The van der Waals surface area contributed by atoms with Crippen LogP contribution >= 0.6 is 0 Å². The van der Waals surface area contributed by atoms with Crippen LogP contribution in [0.5, 0.6) is 11.5 Å². The average Bonchev–Trinajstić information content (AvgIpc) is 2.53. The third-order valence-electron chi connectivity index (χ3n) is 3.93. The van der Waals surface area contributed by atoms with Crippen molar-refractivity contribution in [3.8, 4) is 11.5 Å². The molecule has 0 unspecified atom stereocenters. The summed E-state index contributed by atoms with van der Waals surface area (Å²) >= 11 is 0. The Morgan fingerprint density at radius 1 is 1.10 bits per heavy atom. The van der Waals surface area contributed by atoms with Crippen molar-refractivity contribution < 1.29 is 13.9 Å². The van der Waals surface area contributed by atoms with Crippen LogP contribution in [0.1, 0.15) is 18.4 Å². The molecule has 1 aliphatic rings. The molecular formula is C16H25FN2O2. The fraction of sp³-hybridized carbons (Fsp3) is 0.625. The van der Waals surface area contributed by atoms with Crippen molar-refractivity contribution >= 4 is 0 Å². The van der Waals surface area contributed by atoms with E-state index >= 15 is 0 Å². The zero-order valence-electron chi connectivity index (χ0n) is 13.0. The van der Waals surface area contributed by atoms with Crippen LogP contribution < -0.4 is 14.8 Å². The van der Waals surface area contributed by atoms with Crippen LogP contribution in [0, 0.1) is 5.82 Å². The van der Waals surface area contributed by atoms with E-state index in [1.165, 1.54) is 13.2 Å². The maximum absolute atomic E-state index is 14.0. The predicted octanol–water partition coefficient (Wildman–Crippen LogP) is 2.07. The molecule has 1 aromatic rings. The number of methoxy groups -OCH3 is 2. The maximum atomic E-state index is 14.0. The summed E-state index contributed by atoms with van der Waals surface area (Å²) in [5, 5.41) is 3.34. The first kappa shape index (κ1) is 16.0. The number of nitrogens with zero attached hydrogens (tertiary/aromatic N) is 1. The summed E-state index contributed by atoms with van der Waals surface area (Å²) in [7, 11) is 3.09. The van der Waals surface area contributed by atoms with Crippen molar-refractivity contribution in [3.05, 3.63) is 23.5 Å². The van der Waals surface area contributed by atoms with Crippen LogP contribution in [-0.4, -0.2) is 51.8 Å². The molecule has 1 fully saturated rings. The smallest absolute Gasteiger partial charge is 0.163 e. The van der Waals surface area contributed by atoms with E-state index in [0.29, 0.717) is 17.1 Å². The van der Waals surface area contributed by atoms with Crippen molar-refractivity contribution in [1.82, 2.24) is 10.2 Å². The molecule has 0 atom stereocenters. The van der Waals surface area contributed by atoms with Gasteiger partial charge in [0, 0.05) is 32.2 Å². The highest BCUT2D eigenvalue weighted by Gasteiger charge is 2.12. The van der Waals surface area contributed by atoms with Gasteiger partial charge in [0.1, 0.15) is 5.82 Å². The molecule has 1 saturated heterocycles. The van der Waals surface area contributed by atoms with Gasteiger partial charge in [-0.1, -0.05) is 0 Å². The quantitative estimate of drug-likeness (QED) is 0.781. The second kappa shape index (κ2) is 8.20. The Bertz CT molecular complexity index is 448. The number of nitrogens with one attached hydrogen (secondary N) is 1. The van der Waals surface area contributed by atoms with Crippen molar-refractivity contribution in [2.75, 3.05) is 46.9 Å². The second-order valence-electron chi connectivity index (χ2n) is 5.35. The first-order valence-corrected chi connectivity index (χ1v) is 7.58. The van der Waals surface area contributed by atoms with Gasteiger partial charge in [0.25, 0.3) is 0 Å². The number of hydrogen-bond donors (Lipinski definition) is 1. The topological polar surface area (TPSA) is 33.7 Å². The summed E-state index contributed by atoms with van der Waals surface area (Å²) in [5.41, 5.74) is 0.702. The number of benzene rings is 1. The van der Waals surface area contributed by atoms with Gasteiger partial charge in [-0.15, -0.1) is 0 Å². The third-order valence-corrected chi connectivity index (χ3v) is 3.93. The maximum Gasteiger partial charge on any atom is 0.163 e. The van der Waals surface area contributed by atoms with Gasteiger partial charge in [0.05, 0.1) is 14.2 Å². The monoisotopic (exact) mass is 296 g/mol. The van der Waals surface area contributed by atoms with Crippen LogP contribution in [0.4, 0.5) is 4.39 Å². The Kier molecular flexibility index (Phi) is 6.26. The Labute approximate surface area is 126 Å². The number of ether oxygens (including phenoxy) is 2. The number of halogens is 1.